The van der Waals surface area contributed by atoms with Crippen molar-refractivity contribution in [3.8, 4) is 0 Å². The molecule has 0 saturated carbocycles. The molecular formula is C16H19ClN2O. The lowest BCUT2D eigenvalue weighted by molar-refractivity contribution is 0.0925. The number of aromatic nitrogens is 1. The summed E-state index contributed by atoms with van der Waals surface area (Å²) >= 11 is 6.14. The number of ether oxygens (including phenoxy) is 1. The standard InChI is InChI=1S/C16H19ClN2O/c1-2-14-11-20-8-7-19(14)16-13(10-17)9-12-5-3-4-6-15(12)18-16/h3-6,9,14H,2,7-8,10-11H2,1H3. The molecule has 0 amide bonds. The number of morpholine rings is 1. The Bertz CT molecular complexity index is 602. The van der Waals surface area contributed by atoms with Crippen LogP contribution in [0.4, 0.5) is 5.82 Å². The molecule has 1 fully saturated rings. The first-order chi connectivity index (χ1) is 9.83. The first-order valence-corrected chi connectivity index (χ1v) is 7.66. The van der Waals surface area contributed by atoms with E-state index in [2.05, 4.69) is 30.0 Å². The summed E-state index contributed by atoms with van der Waals surface area (Å²) in [6.07, 6.45) is 1.05. The van der Waals surface area contributed by atoms with Gasteiger partial charge < -0.3 is 9.64 Å². The summed E-state index contributed by atoms with van der Waals surface area (Å²) in [6.45, 7) is 4.60. The van der Waals surface area contributed by atoms with Crippen molar-refractivity contribution >= 4 is 28.3 Å². The van der Waals surface area contributed by atoms with E-state index in [1.54, 1.807) is 0 Å². The van der Waals surface area contributed by atoms with Crippen LogP contribution in [0.25, 0.3) is 10.9 Å². The first kappa shape index (κ1) is 13.7. The summed E-state index contributed by atoms with van der Waals surface area (Å²) < 4.78 is 5.58. The van der Waals surface area contributed by atoms with Gasteiger partial charge in [-0.1, -0.05) is 25.1 Å². The molecule has 0 radical (unpaired) electrons. The van der Waals surface area contributed by atoms with Gasteiger partial charge in [0.15, 0.2) is 0 Å². The number of hydrogen-bond donors (Lipinski definition) is 0. The zero-order chi connectivity index (χ0) is 13.9. The van der Waals surface area contributed by atoms with E-state index in [1.165, 1.54) is 0 Å². The number of pyridine rings is 1. The van der Waals surface area contributed by atoms with E-state index in [4.69, 9.17) is 21.3 Å². The molecule has 0 N–H and O–H groups in total. The lowest BCUT2D eigenvalue weighted by atomic mass is 10.1. The molecule has 1 aliphatic rings. The highest BCUT2D eigenvalue weighted by Gasteiger charge is 2.24. The van der Waals surface area contributed by atoms with Gasteiger partial charge in [0.05, 0.1) is 30.7 Å². The number of halogens is 1. The molecule has 1 aliphatic heterocycles. The van der Waals surface area contributed by atoms with Gasteiger partial charge in [-0.3, -0.25) is 0 Å². The highest BCUT2D eigenvalue weighted by molar-refractivity contribution is 6.17. The number of rotatable bonds is 3. The van der Waals surface area contributed by atoms with Gasteiger partial charge in [-0.2, -0.15) is 0 Å². The summed E-state index contributed by atoms with van der Waals surface area (Å²) in [5.74, 6) is 1.51. The number of benzene rings is 1. The minimum Gasteiger partial charge on any atom is -0.377 e. The quantitative estimate of drug-likeness (QED) is 0.808. The van der Waals surface area contributed by atoms with E-state index < -0.39 is 0 Å². The van der Waals surface area contributed by atoms with E-state index in [9.17, 15) is 0 Å². The fraction of sp³-hybridized carbons (Fsp3) is 0.438. The molecule has 3 nitrogen and oxygen atoms in total. The number of para-hydroxylation sites is 1. The van der Waals surface area contributed by atoms with Gasteiger partial charge in [0, 0.05) is 17.5 Å². The lowest BCUT2D eigenvalue weighted by Crippen LogP contribution is -2.46. The minimum atomic E-state index is 0.388. The van der Waals surface area contributed by atoms with Crippen LogP contribution in [0.2, 0.25) is 0 Å². The van der Waals surface area contributed by atoms with E-state index in [-0.39, 0.29) is 0 Å². The fourth-order valence-electron chi connectivity index (χ4n) is 2.77. The van der Waals surface area contributed by atoms with E-state index >= 15 is 0 Å². The number of fused-ring (bicyclic) bond motifs is 1. The smallest absolute Gasteiger partial charge is 0.134 e. The SMILES string of the molecule is CCC1COCCN1c1nc2ccccc2cc1CCl. The molecule has 1 aromatic heterocycles. The molecule has 106 valence electrons. The maximum Gasteiger partial charge on any atom is 0.134 e. The summed E-state index contributed by atoms with van der Waals surface area (Å²) in [7, 11) is 0. The number of nitrogens with zero attached hydrogens (tertiary/aromatic N) is 2. The highest BCUT2D eigenvalue weighted by atomic mass is 35.5. The molecule has 0 spiro atoms. The summed E-state index contributed by atoms with van der Waals surface area (Å²) in [4.78, 5) is 7.21. The van der Waals surface area contributed by atoms with Gasteiger partial charge in [-0.15, -0.1) is 11.6 Å². The van der Waals surface area contributed by atoms with Crippen molar-refractivity contribution in [2.45, 2.75) is 25.3 Å². The van der Waals surface area contributed by atoms with Crippen molar-refractivity contribution in [1.29, 1.82) is 0 Å². The van der Waals surface area contributed by atoms with Gasteiger partial charge in [0.2, 0.25) is 0 Å². The Morgan fingerprint density at radius 2 is 2.25 bits per heavy atom. The van der Waals surface area contributed by atoms with Crippen LogP contribution in [0.3, 0.4) is 0 Å². The molecule has 1 aromatic carbocycles. The average molecular weight is 291 g/mol. The lowest BCUT2D eigenvalue weighted by Gasteiger charge is -2.37. The van der Waals surface area contributed by atoms with Crippen LogP contribution in [-0.2, 0) is 10.6 Å². The molecule has 3 rings (SSSR count). The Morgan fingerprint density at radius 1 is 1.40 bits per heavy atom. The molecule has 0 aliphatic carbocycles. The molecule has 2 heterocycles. The topological polar surface area (TPSA) is 25.4 Å². The van der Waals surface area contributed by atoms with Crippen LogP contribution in [0.15, 0.2) is 30.3 Å². The Hall–Kier alpha value is -1.32. The van der Waals surface area contributed by atoms with Crippen molar-refractivity contribution in [3.05, 3.63) is 35.9 Å². The van der Waals surface area contributed by atoms with E-state index in [0.29, 0.717) is 11.9 Å². The Morgan fingerprint density at radius 3 is 3.05 bits per heavy atom. The number of hydrogen-bond acceptors (Lipinski definition) is 3. The van der Waals surface area contributed by atoms with Gasteiger partial charge in [-0.05, 0) is 18.6 Å². The zero-order valence-electron chi connectivity index (χ0n) is 11.7. The zero-order valence-corrected chi connectivity index (χ0v) is 12.4. The van der Waals surface area contributed by atoms with Crippen molar-refractivity contribution < 1.29 is 4.74 Å². The predicted octanol–water partition coefficient (Wildman–Crippen LogP) is 3.59. The predicted molar refractivity (Wildman–Crippen MR) is 83.5 cm³/mol. The molecule has 1 atom stereocenters. The third-order valence-corrected chi connectivity index (χ3v) is 4.18. The van der Waals surface area contributed by atoms with Gasteiger partial charge in [0.25, 0.3) is 0 Å². The fourth-order valence-corrected chi connectivity index (χ4v) is 2.97. The second-order valence-electron chi connectivity index (χ2n) is 5.13. The summed E-state index contributed by atoms with van der Waals surface area (Å²) in [5.41, 5.74) is 2.13. The van der Waals surface area contributed by atoms with Crippen LogP contribution < -0.4 is 4.90 Å². The van der Waals surface area contributed by atoms with E-state index in [1.807, 2.05) is 12.1 Å². The van der Waals surface area contributed by atoms with Gasteiger partial charge >= 0.3 is 0 Å². The average Bonchev–Trinajstić information content (AvgIpc) is 2.53. The summed E-state index contributed by atoms with van der Waals surface area (Å²) in [5, 5.41) is 1.15. The largest absolute Gasteiger partial charge is 0.377 e. The third-order valence-electron chi connectivity index (χ3n) is 3.89. The Balaban J connectivity index is 2.08. The van der Waals surface area contributed by atoms with Crippen molar-refractivity contribution in [3.63, 3.8) is 0 Å². The number of anilines is 1. The van der Waals surface area contributed by atoms with Crippen molar-refractivity contribution in [2.24, 2.45) is 0 Å². The maximum absolute atomic E-state index is 6.14. The van der Waals surface area contributed by atoms with Crippen LogP contribution >= 0.6 is 11.6 Å². The van der Waals surface area contributed by atoms with Gasteiger partial charge in [0.1, 0.15) is 5.82 Å². The number of alkyl halides is 1. The van der Waals surface area contributed by atoms with E-state index in [0.717, 1.165) is 48.5 Å². The first-order valence-electron chi connectivity index (χ1n) is 7.12. The van der Waals surface area contributed by atoms with Gasteiger partial charge in [-0.25, -0.2) is 4.98 Å². The Kier molecular flexibility index (Phi) is 4.08. The molecular weight excluding hydrogens is 272 g/mol. The van der Waals surface area contributed by atoms with Crippen LogP contribution in [0.5, 0.6) is 0 Å². The monoisotopic (exact) mass is 290 g/mol. The molecule has 0 bridgehead atoms. The normalized spacial score (nSPS) is 19.5. The molecule has 20 heavy (non-hydrogen) atoms. The maximum atomic E-state index is 6.14. The summed E-state index contributed by atoms with van der Waals surface area (Å²) in [6, 6.07) is 10.7. The molecule has 4 heteroatoms. The second kappa shape index (κ2) is 5.98. The molecule has 1 saturated heterocycles. The molecule has 2 aromatic rings. The van der Waals surface area contributed by atoms with Crippen molar-refractivity contribution in [1.82, 2.24) is 4.98 Å². The van der Waals surface area contributed by atoms with Crippen LogP contribution in [-0.4, -0.2) is 30.8 Å². The third kappa shape index (κ3) is 2.48. The Labute approximate surface area is 124 Å². The van der Waals surface area contributed by atoms with Crippen molar-refractivity contribution in [2.75, 3.05) is 24.7 Å². The second-order valence-corrected chi connectivity index (χ2v) is 5.40. The van der Waals surface area contributed by atoms with Crippen LogP contribution in [0, 0.1) is 0 Å². The minimum absolute atomic E-state index is 0.388. The molecule has 1 unspecified atom stereocenters. The highest BCUT2D eigenvalue weighted by Crippen LogP contribution is 2.28. The van der Waals surface area contributed by atoms with Crippen LogP contribution in [0.1, 0.15) is 18.9 Å².